The van der Waals surface area contributed by atoms with Gasteiger partial charge in [-0.1, -0.05) is 53.5 Å². The maximum Gasteiger partial charge on any atom is 0.180 e. The third kappa shape index (κ3) is 3.57. The van der Waals surface area contributed by atoms with Crippen LogP contribution in [-0.4, -0.2) is 29.6 Å². The summed E-state index contributed by atoms with van der Waals surface area (Å²) in [6.07, 6.45) is 3.53. The van der Waals surface area contributed by atoms with Crippen LogP contribution in [0.25, 0.3) is 27.7 Å². The minimum atomic E-state index is -1.02. The molecule has 0 aliphatic carbocycles. The van der Waals surface area contributed by atoms with Gasteiger partial charge < -0.3 is 4.57 Å². The van der Waals surface area contributed by atoms with Gasteiger partial charge in [0.2, 0.25) is 0 Å². The molecule has 6 nitrogen and oxygen atoms in total. The Morgan fingerprint density at radius 2 is 1.66 bits per heavy atom. The van der Waals surface area contributed by atoms with Crippen LogP contribution in [0.2, 0.25) is 10.0 Å². The molecule has 9 heteroatoms. The third-order valence-electron chi connectivity index (χ3n) is 6.23. The number of benzene rings is 3. The Labute approximate surface area is 215 Å². The van der Waals surface area contributed by atoms with Crippen molar-refractivity contribution in [3.05, 3.63) is 112 Å². The van der Waals surface area contributed by atoms with Crippen molar-refractivity contribution in [1.82, 2.24) is 29.6 Å². The maximum atomic E-state index is 7.56. The number of tetrazole rings is 1. The van der Waals surface area contributed by atoms with Gasteiger partial charge in [-0.2, -0.15) is 4.52 Å². The van der Waals surface area contributed by atoms with Gasteiger partial charge in [0.1, 0.15) is 4.87 Å². The Kier molecular flexibility index (Phi) is 5.25. The van der Waals surface area contributed by atoms with E-state index in [9.17, 15) is 0 Å². The van der Waals surface area contributed by atoms with Gasteiger partial charge in [0.05, 0.1) is 23.7 Å². The third-order valence-corrected chi connectivity index (χ3v) is 7.34. The molecular formula is C26H17Cl3N6. The Morgan fingerprint density at radius 1 is 0.857 bits per heavy atom. The van der Waals surface area contributed by atoms with Gasteiger partial charge in [0, 0.05) is 22.5 Å². The highest BCUT2D eigenvalue weighted by atomic mass is 35.5. The predicted octanol–water partition coefficient (Wildman–Crippen LogP) is 6.52. The van der Waals surface area contributed by atoms with Crippen LogP contribution in [0.3, 0.4) is 0 Å². The Bertz CT molecular complexity index is 1710. The molecule has 0 fully saturated rings. The van der Waals surface area contributed by atoms with E-state index in [2.05, 4.69) is 26.6 Å². The van der Waals surface area contributed by atoms with Gasteiger partial charge in [0.15, 0.2) is 5.65 Å². The van der Waals surface area contributed by atoms with Crippen molar-refractivity contribution in [2.24, 2.45) is 7.05 Å². The molecule has 0 aliphatic rings. The van der Waals surface area contributed by atoms with E-state index in [0.717, 1.165) is 38.9 Å². The molecule has 0 saturated heterocycles. The van der Waals surface area contributed by atoms with Crippen molar-refractivity contribution in [2.45, 2.75) is 4.87 Å². The molecule has 0 spiro atoms. The molecule has 1 unspecified atom stereocenters. The summed E-state index contributed by atoms with van der Waals surface area (Å²) in [5.41, 5.74) is 5.97. The fourth-order valence-electron chi connectivity index (χ4n) is 4.54. The number of imidazole rings is 1. The summed E-state index contributed by atoms with van der Waals surface area (Å²) in [4.78, 5) is 3.31. The van der Waals surface area contributed by atoms with Gasteiger partial charge >= 0.3 is 0 Å². The first-order valence-corrected chi connectivity index (χ1v) is 11.9. The second-order valence-electron chi connectivity index (χ2n) is 8.30. The summed E-state index contributed by atoms with van der Waals surface area (Å²) < 4.78 is 3.64. The zero-order chi connectivity index (χ0) is 24.2. The number of nitrogens with zero attached hydrogens (tertiary/aromatic N) is 6. The molecule has 0 N–H and O–H groups in total. The molecule has 6 rings (SSSR count). The van der Waals surface area contributed by atoms with Crippen LogP contribution in [-0.2, 0) is 11.9 Å². The standard InChI is InChI=1S/C26H17Cl3N6/c1-34-15-30-14-24(34)26(29,17-5-8-19(27)9-6-17)18-7-10-23-22(12-18)21(13-25-31-32-33-35(23)25)16-3-2-4-20(28)11-16/h2-15H,1H3. The normalized spacial score (nSPS) is 13.4. The molecule has 0 amide bonds. The molecule has 3 aromatic heterocycles. The number of hydrogen-bond donors (Lipinski definition) is 0. The molecule has 0 aliphatic heterocycles. The largest absolute Gasteiger partial charge is 0.336 e. The lowest BCUT2D eigenvalue weighted by Crippen LogP contribution is -2.25. The van der Waals surface area contributed by atoms with E-state index in [4.69, 9.17) is 34.8 Å². The number of pyridine rings is 1. The predicted molar refractivity (Wildman–Crippen MR) is 139 cm³/mol. The van der Waals surface area contributed by atoms with E-state index >= 15 is 0 Å². The number of halogens is 3. The van der Waals surface area contributed by atoms with E-state index in [0.29, 0.717) is 15.7 Å². The molecule has 0 radical (unpaired) electrons. The van der Waals surface area contributed by atoms with Crippen LogP contribution in [0.1, 0.15) is 16.8 Å². The van der Waals surface area contributed by atoms with Crippen molar-refractivity contribution >= 4 is 51.4 Å². The van der Waals surface area contributed by atoms with Crippen LogP contribution in [0, 0.1) is 0 Å². The molecule has 6 aromatic rings. The second kappa shape index (κ2) is 8.34. The average molecular weight is 520 g/mol. The molecule has 35 heavy (non-hydrogen) atoms. The lowest BCUT2D eigenvalue weighted by molar-refractivity contribution is 0.746. The van der Waals surface area contributed by atoms with E-state index in [-0.39, 0.29) is 0 Å². The minimum absolute atomic E-state index is 0.639. The fourth-order valence-corrected chi connectivity index (χ4v) is 5.28. The molecule has 0 saturated carbocycles. The molecule has 0 bridgehead atoms. The quantitative estimate of drug-likeness (QED) is 0.249. The number of alkyl halides is 1. The highest BCUT2D eigenvalue weighted by Gasteiger charge is 2.37. The first-order chi connectivity index (χ1) is 16.9. The summed E-state index contributed by atoms with van der Waals surface area (Å²) in [7, 11) is 1.93. The second-order valence-corrected chi connectivity index (χ2v) is 9.74. The van der Waals surface area contributed by atoms with Gasteiger partial charge in [-0.3, -0.25) is 0 Å². The summed E-state index contributed by atoms with van der Waals surface area (Å²) in [5, 5.41) is 14.5. The highest BCUT2D eigenvalue weighted by Crippen LogP contribution is 2.45. The van der Waals surface area contributed by atoms with Gasteiger partial charge in [0.25, 0.3) is 0 Å². The van der Waals surface area contributed by atoms with Crippen LogP contribution < -0.4 is 0 Å². The van der Waals surface area contributed by atoms with Crippen molar-refractivity contribution < 1.29 is 0 Å². The first-order valence-electron chi connectivity index (χ1n) is 10.8. The zero-order valence-electron chi connectivity index (χ0n) is 18.4. The average Bonchev–Trinajstić information content (AvgIpc) is 3.52. The Morgan fingerprint density at radius 3 is 2.40 bits per heavy atom. The zero-order valence-corrected chi connectivity index (χ0v) is 20.7. The SMILES string of the molecule is Cn1cncc1C(Cl)(c1ccc(Cl)cc1)c1ccc2c(c1)c(-c1cccc(Cl)c1)cc1nnnn12. The lowest BCUT2D eigenvalue weighted by Gasteiger charge is -2.29. The molecule has 3 aromatic carbocycles. The van der Waals surface area contributed by atoms with E-state index < -0.39 is 4.87 Å². The van der Waals surface area contributed by atoms with E-state index in [1.165, 1.54) is 0 Å². The minimum Gasteiger partial charge on any atom is -0.336 e. The van der Waals surface area contributed by atoms with Gasteiger partial charge in [-0.15, -0.1) is 16.7 Å². The lowest BCUT2D eigenvalue weighted by atomic mass is 9.86. The van der Waals surface area contributed by atoms with Crippen LogP contribution >= 0.6 is 34.8 Å². The number of fused-ring (bicyclic) bond motifs is 3. The summed E-state index contributed by atoms with van der Waals surface area (Å²) in [5.74, 6) is 0. The van der Waals surface area contributed by atoms with Gasteiger partial charge in [-0.05, 0) is 75.1 Å². The van der Waals surface area contributed by atoms with Crippen molar-refractivity contribution in [3.8, 4) is 11.1 Å². The monoisotopic (exact) mass is 518 g/mol. The van der Waals surface area contributed by atoms with Gasteiger partial charge in [-0.25, -0.2) is 4.98 Å². The Hall–Kier alpha value is -3.45. The Balaban J connectivity index is 1.68. The number of rotatable bonds is 4. The van der Waals surface area contributed by atoms with Crippen LogP contribution in [0.5, 0.6) is 0 Å². The van der Waals surface area contributed by atoms with E-state index in [1.54, 1.807) is 17.0 Å². The summed E-state index contributed by atoms with van der Waals surface area (Å²) in [6, 6.07) is 23.3. The molecule has 3 heterocycles. The fraction of sp³-hybridized carbons (Fsp3) is 0.0769. The molecule has 1 atom stereocenters. The molecule has 172 valence electrons. The van der Waals surface area contributed by atoms with Crippen molar-refractivity contribution in [1.29, 1.82) is 0 Å². The summed E-state index contributed by atoms with van der Waals surface area (Å²) >= 11 is 20.1. The highest BCUT2D eigenvalue weighted by molar-refractivity contribution is 6.31. The topological polar surface area (TPSA) is 60.9 Å². The number of aromatic nitrogens is 6. The van der Waals surface area contributed by atoms with Crippen molar-refractivity contribution in [3.63, 3.8) is 0 Å². The molecular weight excluding hydrogens is 503 g/mol. The maximum absolute atomic E-state index is 7.56. The summed E-state index contributed by atoms with van der Waals surface area (Å²) in [6.45, 7) is 0. The first kappa shape index (κ1) is 22.0. The number of hydrogen-bond acceptors (Lipinski definition) is 4. The number of aryl methyl sites for hydroxylation is 1. The van der Waals surface area contributed by atoms with Crippen LogP contribution in [0.15, 0.2) is 85.3 Å². The van der Waals surface area contributed by atoms with Crippen molar-refractivity contribution in [2.75, 3.05) is 0 Å². The van der Waals surface area contributed by atoms with Crippen LogP contribution in [0.4, 0.5) is 0 Å². The van der Waals surface area contributed by atoms with E-state index in [1.807, 2.05) is 78.3 Å². The smallest absolute Gasteiger partial charge is 0.180 e.